The summed E-state index contributed by atoms with van der Waals surface area (Å²) in [7, 11) is 1.24. The predicted molar refractivity (Wildman–Crippen MR) is 113 cm³/mol. The van der Waals surface area contributed by atoms with E-state index in [1.165, 1.54) is 25.4 Å². The number of hydrogen-bond donors (Lipinski definition) is 2. The summed E-state index contributed by atoms with van der Waals surface area (Å²) in [6.07, 6.45) is 0.574. The molecule has 0 radical (unpaired) electrons. The molecule has 184 valence electrons. The van der Waals surface area contributed by atoms with E-state index in [1.54, 1.807) is 0 Å². The Morgan fingerprint density at radius 2 is 1.94 bits per heavy atom. The number of alkyl halides is 3. The van der Waals surface area contributed by atoms with Gasteiger partial charge in [-0.25, -0.2) is 14.3 Å². The Morgan fingerprint density at radius 3 is 2.62 bits per heavy atom. The normalized spacial score (nSPS) is 18.1. The molecule has 2 N–H and O–H groups in total. The van der Waals surface area contributed by atoms with Crippen LogP contribution < -0.4 is 15.4 Å². The van der Waals surface area contributed by atoms with Crippen molar-refractivity contribution in [1.82, 2.24) is 20.4 Å². The molecule has 2 aromatic rings. The lowest BCUT2D eigenvalue weighted by Gasteiger charge is -2.29. The molecule has 1 aliphatic rings. The Kier molecular flexibility index (Phi) is 7.79. The largest absolute Gasteiger partial charge is 0.493 e. The minimum atomic E-state index is -4.55. The molecule has 1 aliphatic carbocycles. The average Bonchev–Trinajstić information content (AvgIpc) is 3.23. The Balaban J connectivity index is 1.60. The smallest absolute Gasteiger partial charge is 0.416 e. The fourth-order valence-electron chi connectivity index (χ4n) is 3.70. The van der Waals surface area contributed by atoms with Gasteiger partial charge in [0.1, 0.15) is 0 Å². The van der Waals surface area contributed by atoms with Crippen LogP contribution in [0, 0.1) is 5.92 Å². The molecule has 9 nitrogen and oxygen atoms in total. The average molecular weight is 482 g/mol. The quantitative estimate of drug-likeness (QED) is 0.610. The van der Waals surface area contributed by atoms with E-state index in [9.17, 15) is 27.6 Å². The molecule has 0 saturated heterocycles. The topological polar surface area (TPSA) is 112 Å². The first-order valence-electron chi connectivity index (χ1n) is 10.7. The van der Waals surface area contributed by atoms with Gasteiger partial charge in [0, 0.05) is 6.04 Å². The molecule has 0 spiro atoms. The molecular weight excluding hydrogens is 457 g/mol. The Morgan fingerprint density at radius 1 is 1.21 bits per heavy atom. The van der Waals surface area contributed by atoms with Gasteiger partial charge in [-0.05, 0) is 37.0 Å². The van der Waals surface area contributed by atoms with Crippen molar-refractivity contribution >= 4 is 17.9 Å². The van der Waals surface area contributed by atoms with E-state index in [2.05, 4.69) is 15.7 Å². The second-order valence-electron chi connectivity index (χ2n) is 8.00. The van der Waals surface area contributed by atoms with Crippen LogP contribution in [0.25, 0.3) is 5.69 Å². The first-order chi connectivity index (χ1) is 16.1. The number of methoxy groups -OCH3 is 1. The van der Waals surface area contributed by atoms with Gasteiger partial charge in [-0.1, -0.05) is 25.8 Å². The monoisotopic (exact) mass is 482 g/mol. The highest BCUT2D eigenvalue weighted by Crippen LogP contribution is 2.31. The molecule has 3 amide bonds. The van der Waals surface area contributed by atoms with Crippen molar-refractivity contribution in [3.8, 4) is 11.4 Å². The summed E-state index contributed by atoms with van der Waals surface area (Å²) in [5.74, 6) is -1.65. The number of aromatic nitrogens is 2. The van der Waals surface area contributed by atoms with E-state index in [0.29, 0.717) is 5.92 Å². The standard InChI is InChI=1S/C22H25F3N4O5/c1-13-6-3-4-9-16(13)26-21(32)27-18(30)12-34-20(31)19-17(33-2)11-29(28-19)15-8-5-7-14(10-15)22(23,24)25/h5,7-8,10-11,13,16H,3-4,6,9,12H2,1-2H3,(H2,26,27,30,32). The summed E-state index contributed by atoms with van der Waals surface area (Å²) in [5.41, 5.74) is -1.19. The number of nitrogens with one attached hydrogen (secondary N) is 2. The maximum atomic E-state index is 13.0. The minimum Gasteiger partial charge on any atom is -0.493 e. The van der Waals surface area contributed by atoms with E-state index in [1.807, 2.05) is 6.92 Å². The van der Waals surface area contributed by atoms with E-state index >= 15 is 0 Å². The zero-order valence-electron chi connectivity index (χ0n) is 18.6. The summed E-state index contributed by atoms with van der Waals surface area (Å²) in [4.78, 5) is 36.5. The molecule has 2 unspecified atom stereocenters. The molecule has 1 fully saturated rings. The molecule has 1 aromatic heterocycles. The van der Waals surface area contributed by atoms with Crippen molar-refractivity contribution in [2.45, 2.75) is 44.8 Å². The number of esters is 1. The van der Waals surface area contributed by atoms with Crippen LogP contribution in [0.5, 0.6) is 5.75 Å². The number of benzene rings is 1. The van der Waals surface area contributed by atoms with Gasteiger partial charge < -0.3 is 14.8 Å². The zero-order chi connectivity index (χ0) is 24.9. The van der Waals surface area contributed by atoms with Gasteiger partial charge >= 0.3 is 18.2 Å². The number of halogens is 3. The highest BCUT2D eigenvalue weighted by atomic mass is 19.4. The molecular formula is C22H25F3N4O5. The molecule has 2 atom stereocenters. The van der Waals surface area contributed by atoms with Crippen LogP contribution >= 0.6 is 0 Å². The summed E-state index contributed by atoms with van der Waals surface area (Å²) >= 11 is 0. The fourth-order valence-corrected chi connectivity index (χ4v) is 3.70. The van der Waals surface area contributed by atoms with Gasteiger partial charge in [-0.2, -0.15) is 18.3 Å². The molecule has 1 heterocycles. The van der Waals surface area contributed by atoms with Crippen LogP contribution in [0.1, 0.15) is 48.7 Å². The van der Waals surface area contributed by atoms with Gasteiger partial charge in [0.15, 0.2) is 12.4 Å². The van der Waals surface area contributed by atoms with Crippen molar-refractivity contribution in [2.24, 2.45) is 5.92 Å². The third-order valence-corrected chi connectivity index (χ3v) is 5.55. The number of hydrogen-bond acceptors (Lipinski definition) is 6. The highest BCUT2D eigenvalue weighted by Gasteiger charge is 2.31. The second kappa shape index (κ2) is 10.6. The number of ether oxygens (including phenoxy) is 2. The first kappa shape index (κ1) is 25.1. The summed E-state index contributed by atoms with van der Waals surface area (Å²) in [5, 5.41) is 8.79. The van der Waals surface area contributed by atoms with Gasteiger partial charge in [0.2, 0.25) is 5.69 Å². The summed E-state index contributed by atoms with van der Waals surface area (Å²) in [6.45, 7) is 1.27. The van der Waals surface area contributed by atoms with E-state index in [0.717, 1.165) is 42.5 Å². The van der Waals surface area contributed by atoms with Crippen LogP contribution in [0.2, 0.25) is 0 Å². The summed E-state index contributed by atoms with van der Waals surface area (Å²) < 4.78 is 50.0. The third kappa shape index (κ3) is 6.27. The zero-order valence-corrected chi connectivity index (χ0v) is 18.6. The summed E-state index contributed by atoms with van der Waals surface area (Å²) in [6, 6.07) is 3.63. The lowest BCUT2D eigenvalue weighted by Crippen LogP contribution is -2.48. The lowest BCUT2D eigenvalue weighted by atomic mass is 9.86. The van der Waals surface area contributed by atoms with Crippen LogP contribution in [-0.4, -0.2) is 47.4 Å². The Bertz CT molecular complexity index is 1050. The van der Waals surface area contributed by atoms with Gasteiger partial charge in [0.25, 0.3) is 5.91 Å². The van der Waals surface area contributed by atoms with Crippen molar-refractivity contribution in [2.75, 3.05) is 13.7 Å². The molecule has 0 bridgehead atoms. The maximum absolute atomic E-state index is 13.0. The van der Waals surface area contributed by atoms with Crippen molar-refractivity contribution < 1.29 is 37.0 Å². The van der Waals surface area contributed by atoms with Crippen molar-refractivity contribution in [3.05, 3.63) is 41.7 Å². The predicted octanol–water partition coefficient (Wildman–Crippen LogP) is 3.46. The van der Waals surface area contributed by atoms with Crippen LogP contribution in [0.3, 0.4) is 0 Å². The molecule has 34 heavy (non-hydrogen) atoms. The fraction of sp³-hybridized carbons (Fsp3) is 0.455. The second-order valence-corrected chi connectivity index (χ2v) is 8.00. The Labute approximate surface area is 193 Å². The lowest BCUT2D eigenvalue weighted by molar-refractivity contribution is -0.137. The Hall–Kier alpha value is -3.57. The highest BCUT2D eigenvalue weighted by molar-refractivity contribution is 5.97. The van der Waals surface area contributed by atoms with Gasteiger partial charge in [0.05, 0.1) is 24.6 Å². The number of amides is 3. The third-order valence-electron chi connectivity index (χ3n) is 5.55. The number of urea groups is 1. The number of carbonyl (C=O) groups excluding carboxylic acids is 3. The molecule has 1 saturated carbocycles. The van der Waals surface area contributed by atoms with E-state index < -0.39 is 36.3 Å². The SMILES string of the molecule is COc1cn(-c2cccc(C(F)(F)F)c2)nc1C(=O)OCC(=O)NC(=O)NC1CCCCC1C. The molecule has 1 aromatic carbocycles. The first-order valence-corrected chi connectivity index (χ1v) is 10.7. The van der Waals surface area contributed by atoms with E-state index in [4.69, 9.17) is 9.47 Å². The molecule has 0 aliphatic heterocycles. The number of nitrogens with zero attached hydrogens (tertiary/aromatic N) is 2. The van der Waals surface area contributed by atoms with E-state index in [-0.39, 0.29) is 23.2 Å². The minimum absolute atomic E-state index is 0.0341. The number of imide groups is 1. The molecule has 12 heteroatoms. The maximum Gasteiger partial charge on any atom is 0.416 e. The number of rotatable bonds is 6. The molecule has 3 rings (SSSR count). The number of carbonyl (C=O) groups is 3. The van der Waals surface area contributed by atoms with Crippen LogP contribution in [-0.2, 0) is 15.7 Å². The van der Waals surface area contributed by atoms with Crippen LogP contribution in [0.15, 0.2) is 30.5 Å². The van der Waals surface area contributed by atoms with Gasteiger partial charge in [-0.15, -0.1) is 0 Å². The van der Waals surface area contributed by atoms with Crippen molar-refractivity contribution in [1.29, 1.82) is 0 Å². The van der Waals surface area contributed by atoms with Crippen molar-refractivity contribution in [3.63, 3.8) is 0 Å². The van der Waals surface area contributed by atoms with Crippen LogP contribution in [0.4, 0.5) is 18.0 Å². The van der Waals surface area contributed by atoms with Gasteiger partial charge in [-0.3, -0.25) is 10.1 Å².